The zero-order valence-corrected chi connectivity index (χ0v) is 15.4. The van der Waals surface area contributed by atoms with Crippen LogP contribution in [0.2, 0.25) is 0 Å². The number of hydrogen-bond donors (Lipinski definition) is 1. The van der Waals surface area contributed by atoms with E-state index in [-0.39, 0.29) is 18.4 Å². The Bertz CT molecular complexity index is 670. The SMILES string of the molecule is CCOc1cc2c(cc1OCC)C(c1ccc(C)cc1)NCC2.Cl. The van der Waals surface area contributed by atoms with Gasteiger partial charge in [0.1, 0.15) is 0 Å². The van der Waals surface area contributed by atoms with Gasteiger partial charge in [-0.2, -0.15) is 0 Å². The summed E-state index contributed by atoms with van der Waals surface area (Å²) >= 11 is 0. The summed E-state index contributed by atoms with van der Waals surface area (Å²) in [6.45, 7) is 8.40. The fraction of sp³-hybridized carbons (Fsp3) is 0.400. The number of rotatable bonds is 5. The molecule has 0 aliphatic carbocycles. The first-order chi connectivity index (χ1) is 11.2. The second-order valence-electron chi connectivity index (χ2n) is 5.91. The molecule has 3 rings (SSSR count). The Balaban J connectivity index is 0.00000208. The second-order valence-corrected chi connectivity index (χ2v) is 5.91. The van der Waals surface area contributed by atoms with Crippen LogP contribution in [0.1, 0.15) is 42.1 Å². The van der Waals surface area contributed by atoms with Gasteiger partial charge >= 0.3 is 0 Å². The van der Waals surface area contributed by atoms with E-state index in [0.717, 1.165) is 24.5 Å². The summed E-state index contributed by atoms with van der Waals surface area (Å²) in [4.78, 5) is 0. The highest BCUT2D eigenvalue weighted by Gasteiger charge is 2.24. The molecule has 1 atom stereocenters. The molecular weight excluding hydrogens is 322 g/mol. The molecule has 2 aromatic rings. The maximum atomic E-state index is 5.81. The molecule has 1 aliphatic heterocycles. The minimum absolute atomic E-state index is 0. The molecule has 1 unspecified atom stereocenters. The quantitative estimate of drug-likeness (QED) is 0.866. The third-order valence-electron chi connectivity index (χ3n) is 4.27. The largest absolute Gasteiger partial charge is 0.490 e. The lowest BCUT2D eigenvalue weighted by molar-refractivity contribution is 0.286. The van der Waals surface area contributed by atoms with Crippen LogP contribution in [0.3, 0.4) is 0 Å². The van der Waals surface area contributed by atoms with E-state index < -0.39 is 0 Å². The Morgan fingerprint density at radius 2 is 1.62 bits per heavy atom. The van der Waals surface area contributed by atoms with Crippen molar-refractivity contribution in [3.8, 4) is 11.5 Å². The standard InChI is InChI=1S/C20H25NO2.ClH/c1-4-22-18-12-16-10-11-21-20(15-8-6-14(3)7-9-15)17(16)13-19(18)23-5-2;/h6-9,12-13,20-21H,4-5,10-11H2,1-3H3;1H. The minimum atomic E-state index is 0. The number of hydrogen-bond acceptors (Lipinski definition) is 3. The van der Waals surface area contributed by atoms with Crippen LogP contribution in [0.25, 0.3) is 0 Å². The summed E-state index contributed by atoms with van der Waals surface area (Å²) in [6, 6.07) is 13.3. The van der Waals surface area contributed by atoms with Crippen molar-refractivity contribution in [3.63, 3.8) is 0 Å². The van der Waals surface area contributed by atoms with Gasteiger partial charge in [0.05, 0.1) is 19.3 Å². The van der Waals surface area contributed by atoms with Crippen LogP contribution in [-0.4, -0.2) is 19.8 Å². The van der Waals surface area contributed by atoms with Crippen LogP contribution in [-0.2, 0) is 6.42 Å². The number of halogens is 1. The van der Waals surface area contributed by atoms with E-state index in [1.165, 1.54) is 22.3 Å². The van der Waals surface area contributed by atoms with Gasteiger partial charge < -0.3 is 14.8 Å². The molecule has 1 aliphatic rings. The molecule has 1 N–H and O–H groups in total. The average Bonchev–Trinajstić information content (AvgIpc) is 2.56. The summed E-state index contributed by atoms with van der Waals surface area (Å²) in [5.74, 6) is 1.70. The van der Waals surface area contributed by atoms with Crippen LogP contribution in [0.4, 0.5) is 0 Å². The smallest absolute Gasteiger partial charge is 0.161 e. The molecule has 0 aromatic heterocycles. The third kappa shape index (κ3) is 3.85. The van der Waals surface area contributed by atoms with Crippen molar-refractivity contribution in [3.05, 3.63) is 58.7 Å². The van der Waals surface area contributed by atoms with Gasteiger partial charge in [0.15, 0.2) is 11.5 Å². The maximum Gasteiger partial charge on any atom is 0.161 e. The molecule has 0 bridgehead atoms. The Morgan fingerprint density at radius 3 is 2.25 bits per heavy atom. The summed E-state index contributed by atoms with van der Waals surface area (Å²) in [7, 11) is 0. The lowest BCUT2D eigenvalue weighted by atomic mass is 9.89. The maximum absolute atomic E-state index is 5.81. The molecule has 2 aromatic carbocycles. The van der Waals surface area contributed by atoms with Crippen LogP contribution < -0.4 is 14.8 Å². The van der Waals surface area contributed by atoms with Crippen molar-refractivity contribution in [2.75, 3.05) is 19.8 Å². The van der Waals surface area contributed by atoms with Gasteiger partial charge in [-0.25, -0.2) is 0 Å². The molecule has 0 spiro atoms. The van der Waals surface area contributed by atoms with Crippen molar-refractivity contribution in [2.24, 2.45) is 0 Å². The highest BCUT2D eigenvalue weighted by atomic mass is 35.5. The molecule has 0 radical (unpaired) electrons. The molecule has 0 amide bonds. The lowest BCUT2D eigenvalue weighted by Gasteiger charge is -2.29. The van der Waals surface area contributed by atoms with E-state index in [0.29, 0.717) is 13.2 Å². The molecule has 4 heteroatoms. The van der Waals surface area contributed by atoms with Crippen LogP contribution in [0.5, 0.6) is 11.5 Å². The van der Waals surface area contributed by atoms with Gasteiger partial charge in [-0.3, -0.25) is 0 Å². The number of benzene rings is 2. The van der Waals surface area contributed by atoms with Gasteiger partial charge in [0.2, 0.25) is 0 Å². The van der Waals surface area contributed by atoms with Crippen LogP contribution in [0, 0.1) is 6.92 Å². The Hall–Kier alpha value is -1.71. The third-order valence-corrected chi connectivity index (χ3v) is 4.27. The van der Waals surface area contributed by atoms with Crippen molar-refractivity contribution in [1.82, 2.24) is 5.32 Å². The predicted molar refractivity (Wildman–Crippen MR) is 101 cm³/mol. The number of aryl methyl sites for hydroxylation is 1. The number of ether oxygens (including phenoxy) is 2. The minimum Gasteiger partial charge on any atom is -0.490 e. The molecule has 0 saturated heterocycles. The topological polar surface area (TPSA) is 30.5 Å². The molecule has 1 heterocycles. The monoisotopic (exact) mass is 347 g/mol. The molecule has 3 nitrogen and oxygen atoms in total. The van der Waals surface area contributed by atoms with E-state index in [9.17, 15) is 0 Å². The van der Waals surface area contributed by atoms with Gasteiger partial charge in [-0.15, -0.1) is 12.4 Å². The van der Waals surface area contributed by atoms with Crippen molar-refractivity contribution in [2.45, 2.75) is 33.2 Å². The fourth-order valence-corrected chi connectivity index (χ4v) is 3.16. The lowest BCUT2D eigenvalue weighted by Crippen LogP contribution is -2.30. The first-order valence-corrected chi connectivity index (χ1v) is 8.45. The van der Waals surface area contributed by atoms with Gasteiger partial charge in [0.25, 0.3) is 0 Å². The zero-order chi connectivity index (χ0) is 16.2. The summed E-state index contributed by atoms with van der Waals surface area (Å²) in [6.07, 6.45) is 1.02. The number of nitrogens with one attached hydrogen (secondary N) is 1. The van der Waals surface area contributed by atoms with Gasteiger partial charge in [-0.05, 0) is 56.0 Å². The summed E-state index contributed by atoms with van der Waals surface area (Å²) < 4.78 is 11.6. The van der Waals surface area contributed by atoms with E-state index in [1.54, 1.807) is 0 Å². The normalized spacial score (nSPS) is 16.0. The van der Waals surface area contributed by atoms with E-state index in [1.807, 2.05) is 13.8 Å². The average molecular weight is 348 g/mol. The Morgan fingerprint density at radius 1 is 1.00 bits per heavy atom. The molecule has 0 saturated carbocycles. The first-order valence-electron chi connectivity index (χ1n) is 8.45. The van der Waals surface area contributed by atoms with E-state index in [4.69, 9.17) is 9.47 Å². The molecule has 130 valence electrons. The van der Waals surface area contributed by atoms with Crippen LogP contribution >= 0.6 is 12.4 Å². The Kier molecular flexibility index (Phi) is 6.52. The zero-order valence-electron chi connectivity index (χ0n) is 14.6. The molecular formula is C20H26ClNO2. The summed E-state index contributed by atoms with van der Waals surface area (Å²) in [5.41, 5.74) is 5.22. The van der Waals surface area contributed by atoms with E-state index in [2.05, 4.69) is 48.6 Å². The molecule has 24 heavy (non-hydrogen) atoms. The fourth-order valence-electron chi connectivity index (χ4n) is 3.16. The van der Waals surface area contributed by atoms with Gasteiger partial charge in [-0.1, -0.05) is 29.8 Å². The van der Waals surface area contributed by atoms with Crippen molar-refractivity contribution < 1.29 is 9.47 Å². The first kappa shape index (κ1) is 18.6. The van der Waals surface area contributed by atoms with Crippen molar-refractivity contribution >= 4 is 12.4 Å². The van der Waals surface area contributed by atoms with Gasteiger partial charge in [0, 0.05) is 6.54 Å². The van der Waals surface area contributed by atoms with E-state index >= 15 is 0 Å². The Labute approximate surface area is 150 Å². The summed E-state index contributed by atoms with van der Waals surface area (Å²) in [5, 5.41) is 3.64. The number of fused-ring (bicyclic) bond motifs is 1. The highest BCUT2D eigenvalue weighted by Crippen LogP contribution is 2.37. The highest BCUT2D eigenvalue weighted by molar-refractivity contribution is 5.85. The molecule has 0 fully saturated rings. The second kappa shape index (κ2) is 8.41. The predicted octanol–water partition coefficient (Wildman–Crippen LogP) is 4.45. The van der Waals surface area contributed by atoms with Crippen molar-refractivity contribution in [1.29, 1.82) is 0 Å². The van der Waals surface area contributed by atoms with Crippen LogP contribution in [0.15, 0.2) is 36.4 Å².